The molecular formula is C20H23N5O2. The van der Waals surface area contributed by atoms with Crippen LogP contribution >= 0.6 is 0 Å². The molecule has 0 unspecified atom stereocenters. The Labute approximate surface area is 157 Å². The molecule has 7 heteroatoms. The summed E-state index contributed by atoms with van der Waals surface area (Å²) in [5, 5.41) is 10.5. The molecule has 0 fully saturated rings. The predicted molar refractivity (Wildman–Crippen MR) is 103 cm³/mol. The maximum absolute atomic E-state index is 12.4. The lowest BCUT2D eigenvalue weighted by atomic mass is 9.99. The van der Waals surface area contributed by atoms with Crippen LogP contribution in [-0.2, 0) is 11.3 Å². The third-order valence-corrected chi connectivity index (χ3v) is 4.41. The zero-order chi connectivity index (χ0) is 19.4. The molecule has 0 saturated carbocycles. The van der Waals surface area contributed by atoms with Gasteiger partial charge in [0.1, 0.15) is 6.54 Å². The van der Waals surface area contributed by atoms with Crippen molar-refractivity contribution >= 4 is 5.91 Å². The van der Waals surface area contributed by atoms with E-state index in [0.717, 1.165) is 10.2 Å². The monoisotopic (exact) mass is 365 g/mol. The first-order valence-electron chi connectivity index (χ1n) is 8.93. The molecule has 0 saturated heterocycles. The summed E-state index contributed by atoms with van der Waals surface area (Å²) in [5.41, 5.74) is 2.41. The van der Waals surface area contributed by atoms with Gasteiger partial charge in [0.25, 0.3) is 0 Å². The Balaban J connectivity index is 1.66. The summed E-state index contributed by atoms with van der Waals surface area (Å²) < 4.78 is 2.22. The SMILES string of the molecule is CC(C)c1ccc([C@H](C)NC(=O)Cn2nnn(-c3ccccc3)c2=O)cc1. The van der Waals surface area contributed by atoms with Crippen LogP contribution in [-0.4, -0.2) is 25.7 Å². The molecule has 0 aliphatic rings. The zero-order valence-electron chi connectivity index (χ0n) is 15.7. The zero-order valence-corrected chi connectivity index (χ0v) is 15.7. The van der Waals surface area contributed by atoms with Crippen LogP contribution in [0.25, 0.3) is 5.69 Å². The normalized spacial score (nSPS) is 12.1. The van der Waals surface area contributed by atoms with Crippen molar-refractivity contribution in [1.82, 2.24) is 25.1 Å². The number of tetrazole rings is 1. The number of nitrogens with zero attached hydrogens (tertiary/aromatic N) is 4. The molecule has 27 heavy (non-hydrogen) atoms. The highest BCUT2D eigenvalue weighted by molar-refractivity contribution is 5.76. The van der Waals surface area contributed by atoms with E-state index in [-0.39, 0.29) is 18.5 Å². The van der Waals surface area contributed by atoms with Gasteiger partial charge in [0, 0.05) is 0 Å². The molecule has 7 nitrogen and oxygen atoms in total. The first-order chi connectivity index (χ1) is 13.0. The van der Waals surface area contributed by atoms with E-state index in [1.807, 2.05) is 25.1 Å². The van der Waals surface area contributed by atoms with Gasteiger partial charge in [-0.25, -0.2) is 4.79 Å². The van der Waals surface area contributed by atoms with E-state index < -0.39 is 5.69 Å². The van der Waals surface area contributed by atoms with Crippen molar-refractivity contribution in [3.05, 3.63) is 76.2 Å². The van der Waals surface area contributed by atoms with Crippen LogP contribution in [0.4, 0.5) is 0 Å². The molecule has 3 aromatic rings. The van der Waals surface area contributed by atoms with E-state index >= 15 is 0 Å². The highest BCUT2D eigenvalue weighted by Gasteiger charge is 2.14. The molecule has 0 spiro atoms. The molecule has 140 valence electrons. The largest absolute Gasteiger partial charge is 0.368 e. The van der Waals surface area contributed by atoms with Crippen LogP contribution in [0, 0.1) is 0 Å². The molecule has 0 radical (unpaired) electrons. The molecular weight excluding hydrogens is 342 g/mol. The predicted octanol–water partition coefficient (Wildman–Crippen LogP) is 2.43. The van der Waals surface area contributed by atoms with E-state index in [1.165, 1.54) is 10.2 Å². The molecule has 0 aliphatic carbocycles. The Bertz CT molecular complexity index is 958. The number of nitrogens with one attached hydrogen (secondary N) is 1. The van der Waals surface area contributed by atoms with Crippen LogP contribution < -0.4 is 11.0 Å². The third-order valence-electron chi connectivity index (χ3n) is 4.41. The van der Waals surface area contributed by atoms with Gasteiger partial charge in [-0.05, 0) is 46.5 Å². The second kappa shape index (κ2) is 7.99. The fourth-order valence-electron chi connectivity index (χ4n) is 2.78. The second-order valence-corrected chi connectivity index (χ2v) is 6.78. The highest BCUT2D eigenvalue weighted by atomic mass is 16.2. The Morgan fingerprint density at radius 3 is 2.22 bits per heavy atom. The number of hydrogen-bond acceptors (Lipinski definition) is 4. The summed E-state index contributed by atoms with van der Waals surface area (Å²) in [4.78, 5) is 24.7. The third kappa shape index (κ3) is 4.31. The number of amides is 1. The topological polar surface area (TPSA) is 81.8 Å². The maximum Gasteiger partial charge on any atom is 0.368 e. The van der Waals surface area contributed by atoms with Gasteiger partial charge in [0.05, 0.1) is 11.7 Å². The minimum Gasteiger partial charge on any atom is -0.348 e. The Hall–Kier alpha value is -3.22. The number of benzene rings is 2. The molecule has 0 aliphatic heterocycles. The van der Waals surface area contributed by atoms with Crippen molar-refractivity contribution in [2.24, 2.45) is 0 Å². The van der Waals surface area contributed by atoms with Gasteiger partial charge in [0.15, 0.2) is 0 Å². The number of para-hydroxylation sites is 1. The minimum atomic E-state index is -0.453. The van der Waals surface area contributed by atoms with E-state index in [2.05, 4.69) is 41.7 Å². The van der Waals surface area contributed by atoms with Crippen molar-refractivity contribution in [2.75, 3.05) is 0 Å². The lowest BCUT2D eigenvalue weighted by Crippen LogP contribution is -2.34. The molecule has 1 amide bonds. The first-order valence-corrected chi connectivity index (χ1v) is 8.93. The summed E-state index contributed by atoms with van der Waals surface area (Å²) in [6.07, 6.45) is 0. The molecule has 1 aromatic heterocycles. The van der Waals surface area contributed by atoms with Crippen LogP contribution in [0.2, 0.25) is 0 Å². The number of rotatable bonds is 6. The molecule has 1 heterocycles. The quantitative estimate of drug-likeness (QED) is 0.727. The average molecular weight is 365 g/mol. The number of carbonyl (C=O) groups is 1. The Morgan fingerprint density at radius 2 is 1.59 bits per heavy atom. The summed E-state index contributed by atoms with van der Waals surface area (Å²) in [6, 6.07) is 17.0. The van der Waals surface area contributed by atoms with Crippen LogP contribution in [0.5, 0.6) is 0 Å². The van der Waals surface area contributed by atoms with Gasteiger partial charge >= 0.3 is 5.69 Å². The summed E-state index contributed by atoms with van der Waals surface area (Å²) in [7, 11) is 0. The van der Waals surface area contributed by atoms with Gasteiger partial charge in [-0.1, -0.05) is 56.3 Å². The van der Waals surface area contributed by atoms with Crippen LogP contribution in [0.3, 0.4) is 0 Å². The van der Waals surface area contributed by atoms with Crippen molar-refractivity contribution in [3.8, 4) is 5.69 Å². The highest BCUT2D eigenvalue weighted by Crippen LogP contribution is 2.18. The van der Waals surface area contributed by atoms with Crippen molar-refractivity contribution < 1.29 is 4.79 Å². The fraction of sp³-hybridized carbons (Fsp3) is 0.300. The average Bonchev–Trinajstić information content (AvgIpc) is 3.02. The van der Waals surface area contributed by atoms with Crippen LogP contribution in [0.15, 0.2) is 59.4 Å². The second-order valence-electron chi connectivity index (χ2n) is 6.78. The first kappa shape index (κ1) is 18.6. The standard InChI is InChI=1S/C20H23N5O2/c1-14(2)16-9-11-17(12-10-16)15(3)21-19(26)13-24-20(27)25(23-22-24)18-7-5-4-6-8-18/h4-12,14-15H,13H2,1-3H3,(H,21,26)/t15-/m0/s1. The molecule has 2 aromatic carbocycles. The number of aromatic nitrogens is 4. The molecule has 1 atom stereocenters. The van der Waals surface area contributed by atoms with E-state index in [1.54, 1.807) is 24.3 Å². The summed E-state index contributed by atoms with van der Waals surface area (Å²) in [6.45, 7) is 6.01. The van der Waals surface area contributed by atoms with Gasteiger partial charge in [0.2, 0.25) is 5.91 Å². The van der Waals surface area contributed by atoms with E-state index in [4.69, 9.17) is 0 Å². The van der Waals surface area contributed by atoms with E-state index in [9.17, 15) is 9.59 Å². The fourth-order valence-corrected chi connectivity index (χ4v) is 2.78. The van der Waals surface area contributed by atoms with Crippen molar-refractivity contribution in [3.63, 3.8) is 0 Å². The van der Waals surface area contributed by atoms with Gasteiger partial charge in [-0.2, -0.15) is 9.36 Å². The van der Waals surface area contributed by atoms with Gasteiger partial charge < -0.3 is 5.32 Å². The molecule has 1 N–H and O–H groups in total. The lowest BCUT2D eigenvalue weighted by molar-refractivity contribution is -0.122. The van der Waals surface area contributed by atoms with Crippen LogP contribution in [0.1, 0.15) is 43.9 Å². The number of carbonyl (C=O) groups excluding carboxylic acids is 1. The minimum absolute atomic E-state index is 0.168. The smallest absolute Gasteiger partial charge is 0.348 e. The molecule has 3 rings (SSSR count). The Morgan fingerprint density at radius 1 is 0.963 bits per heavy atom. The lowest BCUT2D eigenvalue weighted by Gasteiger charge is -2.15. The van der Waals surface area contributed by atoms with E-state index in [0.29, 0.717) is 11.6 Å². The van der Waals surface area contributed by atoms with Gasteiger partial charge in [-0.3, -0.25) is 4.79 Å². The number of hydrogen-bond donors (Lipinski definition) is 1. The van der Waals surface area contributed by atoms with Gasteiger partial charge in [-0.15, -0.1) is 0 Å². The maximum atomic E-state index is 12.4. The van der Waals surface area contributed by atoms with Crippen molar-refractivity contribution in [1.29, 1.82) is 0 Å². The summed E-state index contributed by atoms with van der Waals surface area (Å²) >= 11 is 0. The Kier molecular flexibility index (Phi) is 5.49. The van der Waals surface area contributed by atoms with Crippen molar-refractivity contribution in [2.45, 2.75) is 39.3 Å². The summed E-state index contributed by atoms with van der Waals surface area (Å²) in [5.74, 6) is 0.167. The molecule has 0 bridgehead atoms.